The van der Waals surface area contributed by atoms with E-state index in [1.165, 1.54) is 12.1 Å². The first kappa shape index (κ1) is 34.7. The van der Waals surface area contributed by atoms with E-state index in [9.17, 15) is 27.6 Å². The summed E-state index contributed by atoms with van der Waals surface area (Å²) in [5.74, 6) is -5.57. The Labute approximate surface area is 214 Å². The summed E-state index contributed by atoms with van der Waals surface area (Å²) in [7, 11) is 6.35. The van der Waals surface area contributed by atoms with Crippen LogP contribution >= 0.6 is 19.4 Å². The van der Waals surface area contributed by atoms with Crippen molar-refractivity contribution in [3.63, 3.8) is 0 Å². The van der Waals surface area contributed by atoms with Crippen molar-refractivity contribution in [2.75, 3.05) is 0 Å². The van der Waals surface area contributed by atoms with Crippen LogP contribution in [0.4, 0.5) is 0 Å². The van der Waals surface area contributed by atoms with Crippen molar-refractivity contribution in [2.24, 2.45) is 0 Å². The van der Waals surface area contributed by atoms with Gasteiger partial charge in [0.1, 0.15) is 4.90 Å². The number of aliphatic hydroxyl groups is 1. The molecule has 0 aromatic heterocycles. The van der Waals surface area contributed by atoms with Crippen molar-refractivity contribution >= 4 is 53.2 Å². The molecule has 0 spiro atoms. The summed E-state index contributed by atoms with van der Waals surface area (Å²) in [6.45, 7) is 0. The van der Waals surface area contributed by atoms with Crippen molar-refractivity contribution in [3.05, 3.63) is 29.8 Å². The molecule has 0 radical (unpaired) electrons. The summed E-state index contributed by atoms with van der Waals surface area (Å²) in [6, 6.07) is 6.09. The van der Waals surface area contributed by atoms with Crippen LogP contribution in [0.5, 0.6) is 0 Å². The van der Waals surface area contributed by atoms with Crippen molar-refractivity contribution in [2.45, 2.75) is 23.3 Å². The molecule has 31 heavy (non-hydrogen) atoms. The van der Waals surface area contributed by atoms with Crippen LogP contribution < -0.4 is 34.3 Å². The van der Waals surface area contributed by atoms with Crippen LogP contribution in [-0.2, 0) is 39.6 Å². The molecule has 0 atom stereocenters. The number of amides is 1. The Morgan fingerprint density at radius 3 is 1.74 bits per heavy atom. The molecule has 0 unspecified atom stereocenters. The fourth-order valence-electron chi connectivity index (χ4n) is 1.83. The number of aliphatic carboxylic acids is 3. The van der Waals surface area contributed by atoms with Crippen LogP contribution in [-0.4, -0.2) is 68.8 Å². The van der Waals surface area contributed by atoms with Gasteiger partial charge in [-0.25, -0.2) is 17.9 Å². The molecule has 1 aromatic carbocycles. The first-order valence-electron chi connectivity index (χ1n) is 7.18. The van der Waals surface area contributed by atoms with Crippen LogP contribution in [0.15, 0.2) is 29.2 Å². The van der Waals surface area contributed by atoms with E-state index >= 15 is 0 Å². The number of halogens is 2. The number of carboxylic acids is 3. The second-order valence-corrected chi connectivity index (χ2v) is 11.3. The summed E-state index contributed by atoms with van der Waals surface area (Å²) < 4.78 is 24.2. The van der Waals surface area contributed by atoms with Crippen LogP contribution in [0.1, 0.15) is 24.6 Å². The molecule has 1 amide bonds. The average molecular weight is 570 g/mol. The fraction of sp³-hybridized carbons (Fsp3) is 0.231. The molecule has 0 saturated heterocycles. The van der Waals surface area contributed by atoms with Crippen molar-refractivity contribution in [1.29, 1.82) is 0 Å². The van der Waals surface area contributed by atoms with E-state index in [-0.39, 0.29) is 41.4 Å². The zero-order valence-electron chi connectivity index (χ0n) is 16.7. The third-order valence-corrected chi connectivity index (χ3v) is 4.32. The standard InChI is InChI=1S/C7H5NO3S.C6H8O7.2ClH.Na.H2O2.Zn.H/c9-7-5-3-1-2-4-6(5)12(10,11)8-7;7-3(8)1-6(13,5(11)12)2-4(9)10;;;;1-2;;/h1-4H,(H,8,9);13H,1-2H2,(H,7,8)(H,9,10)(H,11,12);2*1H;;1-2H;;/q;;;;+1;;+2;-1/p-2. The van der Waals surface area contributed by atoms with Gasteiger partial charge in [0, 0.05) is 0 Å². The number of hydrogen-bond donors (Lipinski definition) is 7. The average Bonchev–Trinajstić information content (AvgIpc) is 2.86. The predicted octanol–water partition coefficient (Wildman–Crippen LogP) is -2.62. The Bertz CT molecular complexity index is 860. The minimum atomic E-state index is -3.55. The molecule has 0 fully saturated rings. The number of carbonyl (C=O) groups is 4. The second-order valence-electron chi connectivity index (χ2n) is 5.01. The fourth-order valence-corrected chi connectivity index (χ4v) is 3.01. The quantitative estimate of drug-likeness (QED) is 0.110. The molecule has 1 aliphatic rings. The van der Waals surface area contributed by atoms with Gasteiger partial charge in [-0.1, -0.05) is 12.1 Å². The minimum absolute atomic E-state index is 0. The minimum Gasteiger partial charge on any atom is -1.00 e. The maximum atomic E-state index is 11.1. The summed E-state index contributed by atoms with van der Waals surface area (Å²) in [5, 5.41) is 45.8. The number of fused-ring (bicyclic) bond motifs is 1. The van der Waals surface area contributed by atoms with E-state index in [2.05, 4.69) is 0 Å². The zero-order valence-corrected chi connectivity index (χ0v) is 23.0. The van der Waals surface area contributed by atoms with Crippen molar-refractivity contribution < 1.29 is 105 Å². The number of rotatable bonds is 5. The molecule has 2 rings (SSSR count). The molecule has 0 saturated carbocycles. The van der Waals surface area contributed by atoms with E-state index in [1.54, 1.807) is 12.1 Å². The van der Waals surface area contributed by atoms with Crippen molar-refractivity contribution in [1.82, 2.24) is 4.72 Å². The van der Waals surface area contributed by atoms with E-state index < -0.39 is 67.4 Å². The normalized spacial score (nSPS) is 12.2. The third kappa shape index (κ3) is 12.7. The van der Waals surface area contributed by atoms with Gasteiger partial charge in [-0.3, -0.25) is 24.9 Å². The first-order valence-corrected chi connectivity index (χ1v) is 16.5. The van der Waals surface area contributed by atoms with E-state index in [1.807, 2.05) is 4.72 Å². The predicted molar refractivity (Wildman–Crippen MR) is 96.3 cm³/mol. The van der Waals surface area contributed by atoms with Gasteiger partial charge in [0.2, 0.25) is 0 Å². The molecule has 18 heteroatoms. The molecule has 7 N–H and O–H groups in total. The van der Waals surface area contributed by atoms with Crippen LogP contribution in [0.25, 0.3) is 0 Å². The SMILES string of the molecule is O=C(O)CC(O)(CC(=O)O)C(=O)O.O=C1NS(=O)(=O)c2ccccc21.OO.[Cl][Zn][Cl].[H-].[Na+]. The Morgan fingerprint density at radius 1 is 1.03 bits per heavy atom. The molecule has 0 aliphatic carbocycles. The maximum Gasteiger partial charge on any atom is 1.00 e. The van der Waals surface area contributed by atoms with Crippen LogP contribution in [0.2, 0.25) is 0 Å². The summed E-state index contributed by atoms with van der Waals surface area (Å²) >= 11 is -0.931. The molecule has 0 bridgehead atoms. The number of benzene rings is 1. The van der Waals surface area contributed by atoms with Gasteiger partial charge in [-0.15, -0.1) is 0 Å². The van der Waals surface area contributed by atoms with Gasteiger partial charge in [-0.2, -0.15) is 0 Å². The monoisotopic (exact) mass is 567 g/mol. The van der Waals surface area contributed by atoms with Gasteiger partial charge < -0.3 is 21.9 Å². The Hall–Kier alpha value is -0.867. The number of hydrogen-bond acceptors (Lipinski definition) is 9. The Kier molecular flexibility index (Phi) is 18.7. The van der Waals surface area contributed by atoms with Gasteiger partial charge in [0.05, 0.1) is 18.4 Å². The summed E-state index contributed by atoms with van der Waals surface area (Å²) in [6.07, 6.45) is -2.29. The molecule has 1 aromatic rings. The van der Waals surface area contributed by atoms with Gasteiger partial charge in [0.25, 0.3) is 15.9 Å². The molecular formula is C13H16Cl2NNaO12SZn. The van der Waals surface area contributed by atoms with Crippen LogP contribution in [0, 0.1) is 0 Å². The van der Waals surface area contributed by atoms with E-state index in [4.69, 9.17) is 50.3 Å². The van der Waals surface area contributed by atoms with Gasteiger partial charge in [-0.05, 0) is 12.1 Å². The van der Waals surface area contributed by atoms with Gasteiger partial charge >= 0.3 is 82.0 Å². The van der Waals surface area contributed by atoms with Gasteiger partial charge in [0.15, 0.2) is 5.60 Å². The third-order valence-electron chi connectivity index (χ3n) is 2.93. The van der Waals surface area contributed by atoms with E-state index in [0.717, 1.165) is 0 Å². The topological polar surface area (TPSA) is 236 Å². The summed E-state index contributed by atoms with van der Waals surface area (Å²) in [5.41, 5.74) is -2.52. The number of sulfonamides is 1. The smallest absolute Gasteiger partial charge is 1.00 e. The zero-order chi connectivity index (χ0) is 24.1. The Morgan fingerprint density at radius 2 is 1.42 bits per heavy atom. The molecular weight excluding hydrogens is 553 g/mol. The van der Waals surface area contributed by atoms with E-state index in [0.29, 0.717) is 0 Å². The molecule has 1 heterocycles. The second kappa shape index (κ2) is 16.7. The summed E-state index contributed by atoms with van der Waals surface area (Å²) in [4.78, 5) is 41.5. The molecule has 1 aliphatic heterocycles. The first-order chi connectivity index (χ1) is 13.8. The largest absolute Gasteiger partial charge is 1.00 e. The molecule has 13 nitrogen and oxygen atoms in total. The molecule has 168 valence electrons. The Balaban J connectivity index is -0.000000194. The number of carboxylic acid groups (broad SMARTS) is 3. The van der Waals surface area contributed by atoms with Crippen molar-refractivity contribution in [3.8, 4) is 0 Å². The van der Waals surface area contributed by atoms with Crippen LogP contribution in [0.3, 0.4) is 0 Å². The number of carbonyl (C=O) groups excluding carboxylic acids is 1. The number of nitrogens with one attached hydrogen (secondary N) is 1. The maximum absolute atomic E-state index is 11.1.